The molecule has 0 saturated heterocycles. The van der Waals surface area contributed by atoms with E-state index in [1.807, 2.05) is 0 Å². The average molecular weight is 248 g/mol. The molecule has 6 heavy (non-hydrogen) atoms. The van der Waals surface area contributed by atoms with E-state index in [1.54, 1.807) is 0 Å². The summed E-state index contributed by atoms with van der Waals surface area (Å²) in [7, 11) is 0. The van der Waals surface area contributed by atoms with Crippen LogP contribution in [0.15, 0.2) is 12.3 Å². The number of halogens is 1. The van der Waals surface area contributed by atoms with Crippen LogP contribution in [0.1, 0.15) is 0 Å². The maximum absolute atomic E-state index is 3.34. The van der Waals surface area contributed by atoms with Crippen molar-refractivity contribution in [2.24, 2.45) is 0 Å². The Bertz CT molecular complexity index is 87.0. The predicted molar refractivity (Wildman–Crippen MR) is 31.7 cm³/mol. The zero-order valence-corrected chi connectivity index (χ0v) is 8.02. The fourth-order valence-electron chi connectivity index (χ4n) is 0.314. The fraction of sp³-hybridized carbons (Fsp3) is 0. The quantitative estimate of drug-likeness (QED) is 0.565. The van der Waals surface area contributed by atoms with Crippen molar-refractivity contribution in [1.29, 1.82) is 0 Å². The number of hydrogen-bond donors (Lipinski definition) is 0. The fourth-order valence-corrected chi connectivity index (χ4v) is 2.97. The van der Waals surface area contributed by atoms with E-state index in [1.165, 1.54) is 0 Å². The van der Waals surface area contributed by atoms with Crippen LogP contribution < -0.4 is 0 Å². The molecule has 0 aromatic heterocycles. The van der Waals surface area contributed by atoms with E-state index >= 15 is 0 Å². The summed E-state index contributed by atoms with van der Waals surface area (Å²) in [5.74, 6) is 0. The summed E-state index contributed by atoms with van der Waals surface area (Å²) < 4.78 is 4.40. The molecule has 1 nitrogen and oxygen atoms in total. The van der Waals surface area contributed by atoms with E-state index in [9.17, 15) is 0 Å². The summed E-state index contributed by atoms with van der Waals surface area (Å²) in [6.45, 7) is 0. The van der Waals surface area contributed by atoms with E-state index in [4.69, 9.17) is 0 Å². The molecule has 1 heterocycles. The van der Waals surface area contributed by atoms with E-state index in [0.717, 1.165) is 0 Å². The summed E-state index contributed by atoms with van der Waals surface area (Å²) >= 11 is 2.94. The summed E-state index contributed by atoms with van der Waals surface area (Å²) in [4.78, 5) is 0. The number of rotatable bonds is 0. The van der Waals surface area contributed by atoms with Crippen LogP contribution >= 0.6 is 16.1 Å². The van der Waals surface area contributed by atoms with Gasteiger partial charge >= 0.3 is 56.8 Å². The van der Waals surface area contributed by atoms with Gasteiger partial charge in [0.2, 0.25) is 0 Å². The Morgan fingerprint density at radius 1 is 1.67 bits per heavy atom. The zero-order chi connectivity index (χ0) is 4.41. The van der Waals surface area contributed by atoms with Gasteiger partial charge in [0.25, 0.3) is 0 Å². The van der Waals surface area contributed by atoms with Crippen molar-refractivity contribution in [1.82, 2.24) is 1.91 Å². The van der Waals surface area contributed by atoms with E-state index in [-0.39, 0.29) is 0 Å². The molecule has 1 aliphatic rings. The van der Waals surface area contributed by atoms with Gasteiger partial charge in [0.05, 0.1) is 0 Å². The first-order valence-corrected chi connectivity index (χ1v) is 5.77. The van der Waals surface area contributed by atoms with Crippen molar-refractivity contribution in [2.45, 2.75) is 0 Å². The molecule has 0 fully saturated rings. The molecule has 0 aromatic rings. The molecule has 0 aromatic carbocycles. The van der Waals surface area contributed by atoms with Crippen LogP contribution in [0.3, 0.4) is 0 Å². The van der Waals surface area contributed by atoms with E-state index in [2.05, 4.69) is 34.1 Å². The van der Waals surface area contributed by atoms with Crippen molar-refractivity contribution in [2.75, 3.05) is 0 Å². The molecular formula is C3H3BrInN. The number of nitrogens with zero attached hydrogens (tertiary/aromatic N) is 1. The third-order valence-corrected chi connectivity index (χ3v) is 4.82. The van der Waals surface area contributed by atoms with Gasteiger partial charge in [-0.1, -0.05) is 0 Å². The van der Waals surface area contributed by atoms with Crippen LogP contribution in [-0.2, 0) is 0 Å². The van der Waals surface area contributed by atoms with E-state index < -0.39 is 22.7 Å². The molecule has 0 radical (unpaired) electrons. The van der Waals surface area contributed by atoms with Crippen molar-refractivity contribution in [3.63, 3.8) is 0 Å². The van der Waals surface area contributed by atoms with Gasteiger partial charge in [0, 0.05) is 0 Å². The molecule has 0 amide bonds. The van der Waals surface area contributed by atoms with Crippen molar-refractivity contribution in [3.8, 4) is 0 Å². The Morgan fingerprint density at radius 2 is 2.50 bits per heavy atom. The minimum atomic E-state index is -0.393. The summed E-state index contributed by atoms with van der Waals surface area (Å²) in [5.41, 5.74) is 0. The molecule has 3 heteroatoms. The monoisotopic (exact) mass is 247 g/mol. The molecule has 0 atom stereocenters. The van der Waals surface area contributed by atoms with Crippen LogP contribution in [-0.4, -0.2) is 28.4 Å². The Morgan fingerprint density at radius 3 is 2.67 bits per heavy atom. The molecule has 0 saturated carbocycles. The molecule has 0 spiro atoms. The molecule has 30 valence electrons. The minimum absolute atomic E-state index is 0.393. The van der Waals surface area contributed by atoms with Crippen LogP contribution in [0.2, 0.25) is 0 Å². The number of allylic oxidation sites excluding steroid dienone is 1. The van der Waals surface area contributed by atoms with Crippen LogP contribution in [0, 0.1) is 0 Å². The first-order chi connectivity index (χ1) is 2.89. The normalized spacial score (nSPS) is 15.8. The molecule has 1 aliphatic heterocycles. The standard InChI is InChI=1S/C3H3BrN.In/c1-2-3-5-4;/h1-3H;/q-1;+1. The SMILES string of the molecule is Br[N]1C=C[CH]=[In]1. The second-order valence-corrected chi connectivity index (χ2v) is 7.54. The Kier molecular flexibility index (Phi) is 1.77. The van der Waals surface area contributed by atoms with Gasteiger partial charge in [-0.2, -0.15) is 0 Å². The predicted octanol–water partition coefficient (Wildman–Crippen LogP) is 0.547. The molecule has 0 N–H and O–H groups in total. The van der Waals surface area contributed by atoms with Crippen molar-refractivity contribution < 1.29 is 0 Å². The summed E-state index contributed by atoms with van der Waals surface area (Å²) in [5, 5.41) is 0. The van der Waals surface area contributed by atoms with Crippen molar-refractivity contribution >= 4 is 42.6 Å². The van der Waals surface area contributed by atoms with Gasteiger partial charge in [0.1, 0.15) is 0 Å². The average Bonchev–Trinajstić information content (AvgIpc) is 1.86. The zero-order valence-electron chi connectivity index (χ0n) is 3.13. The Balaban J connectivity index is 2.60. The van der Waals surface area contributed by atoms with Crippen LogP contribution in [0.4, 0.5) is 0 Å². The van der Waals surface area contributed by atoms with Gasteiger partial charge < -0.3 is 0 Å². The van der Waals surface area contributed by atoms with Gasteiger partial charge in [-0.05, 0) is 0 Å². The van der Waals surface area contributed by atoms with Crippen LogP contribution in [0.5, 0.6) is 0 Å². The molecule has 1 rings (SSSR count). The summed E-state index contributed by atoms with van der Waals surface area (Å²) in [6.07, 6.45) is 4.15. The van der Waals surface area contributed by atoms with Crippen molar-refractivity contribution in [3.05, 3.63) is 12.3 Å². The number of hydrogen-bond acceptors (Lipinski definition) is 1. The van der Waals surface area contributed by atoms with Gasteiger partial charge in [0.15, 0.2) is 0 Å². The Labute approximate surface area is 56.6 Å². The first-order valence-electron chi connectivity index (χ1n) is 1.69. The third-order valence-electron chi connectivity index (χ3n) is 0.568. The maximum atomic E-state index is 3.34. The topological polar surface area (TPSA) is 3.24 Å². The van der Waals surface area contributed by atoms with Crippen LogP contribution in [0.25, 0.3) is 0 Å². The molecular weight excluding hydrogens is 245 g/mol. The molecule has 0 unspecified atom stereocenters. The molecule has 0 aliphatic carbocycles. The van der Waals surface area contributed by atoms with Gasteiger partial charge in [-0.3, -0.25) is 0 Å². The summed E-state index contributed by atoms with van der Waals surface area (Å²) in [6, 6.07) is 0. The van der Waals surface area contributed by atoms with Gasteiger partial charge in [-0.15, -0.1) is 0 Å². The molecule has 0 bridgehead atoms. The van der Waals surface area contributed by atoms with E-state index in [0.29, 0.717) is 0 Å². The second kappa shape index (κ2) is 2.17. The Hall–Kier alpha value is 0.760. The van der Waals surface area contributed by atoms with Gasteiger partial charge in [-0.25, -0.2) is 0 Å². The second-order valence-electron chi connectivity index (χ2n) is 1.03. The third kappa shape index (κ3) is 1.12. The first kappa shape index (κ1) is 4.91.